The van der Waals surface area contributed by atoms with Crippen LogP contribution in [-0.4, -0.2) is 67.3 Å². The Morgan fingerprint density at radius 3 is 2.81 bits per heavy atom. The molecule has 1 aliphatic heterocycles. The van der Waals surface area contributed by atoms with Crippen LogP contribution in [0, 0.1) is 5.92 Å². The summed E-state index contributed by atoms with van der Waals surface area (Å²) in [6, 6.07) is 5.38. The first kappa shape index (κ1) is 24.9. The molecule has 0 aromatic heterocycles. The Kier molecular flexibility index (Phi) is 10.6. The number of aliphatic hydroxyl groups is 1. The van der Waals surface area contributed by atoms with Gasteiger partial charge in [-0.05, 0) is 38.2 Å². The van der Waals surface area contributed by atoms with Crippen molar-refractivity contribution in [2.45, 2.75) is 52.6 Å². The van der Waals surface area contributed by atoms with Crippen LogP contribution in [-0.2, 0) is 16.1 Å². The number of benzene rings is 1. The molecule has 1 aromatic rings. The van der Waals surface area contributed by atoms with E-state index in [2.05, 4.69) is 10.6 Å². The van der Waals surface area contributed by atoms with Crippen molar-refractivity contribution in [2.24, 2.45) is 5.92 Å². The van der Waals surface area contributed by atoms with E-state index in [9.17, 15) is 14.7 Å². The van der Waals surface area contributed by atoms with Gasteiger partial charge in [-0.25, -0.2) is 0 Å². The van der Waals surface area contributed by atoms with Crippen LogP contribution in [0.1, 0.15) is 45.6 Å². The van der Waals surface area contributed by atoms with Gasteiger partial charge < -0.3 is 25.2 Å². The van der Waals surface area contributed by atoms with Crippen molar-refractivity contribution in [3.05, 3.63) is 23.8 Å². The lowest BCUT2D eigenvalue weighted by Crippen LogP contribution is -2.47. The minimum Gasteiger partial charge on any atom is -0.490 e. The monoisotopic (exact) mass is 435 g/mol. The Bertz CT molecular complexity index is 710. The maximum Gasteiger partial charge on any atom is 0.234 e. The van der Waals surface area contributed by atoms with Crippen molar-refractivity contribution in [2.75, 3.05) is 39.5 Å². The molecule has 8 nitrogen and oxygen atoms in total. The molecule has 1 atom stereocenters. The zero-order valence-electron chi connectivity index (χ0n) is 19.0. The number of para-hydroxylation sites is 1. The molecule has 2 rings (SSSR count). The van der Waals surface area contributed by atoms with E-state index in [1.165, 1.54) is 0 Å². The molecule has 0 spiro atoms. The molecule has 174 valence electrons. The normalized spacial score (nSPS) is 17.3. The Hall–Kier alpha value is -2.32. The fourth-order valence-electron chi connectivity index (χ4n) is 3.47. The van der Waals surface area contributed by atoms with E-state index in [4.69, 9.17) is 9.47 Å². The van der Waals surface area contributed by atoms with E-state index in [-0.39, 0.29) is 43.5 Å². The number of aliphatic hydroxyl groups excluding tert-OH is 1. The topological polar surface area (TPSA) is 100 Å². The van der Waals surface area contributed by atoms with Crippen molar-refractivity contribution in [1.82, 2.24) is 15.5 Å². The first-order valence-electron chi connectivity index (χ1n) is 11.2. The van der Waals surface area contributed by atoms with Gasteiger partial charge in [-0.2, -0.15) is 0 Å². The minimum absolute atomic E-state index is 0.0366. The summed E-state index contributed by atoms with van der Waals surface area (Å²) in [5.41, 5.74) is 0.869. The standard InChI is InChI=1S/C23H37N3O5/c1-4-30-20-10-8-9-18-13-26(15-22(29)25-19(16-27)17(2)3)14-21(28)24-11-6-5-7-12-31-23(18)20/h8-10,17,19,27H,4-7,11-16H2,1-3H3,(H,24,28)(H,25,29)/t19-/m1/s1. The highest BCUT2D eigenvalue weighted by Gasteiger charge is 2.21. The highest BCUT2D eigenvalue weighted by atomic mass is 16.5. The number of hydrogen-bond donors (Lipinski definition) is 3. The first-order chi connectivity index (χ1) is 14.9. The van der Waals surface area contributed by atoms with Crippen LogP contribution >= 0.6 is 0 Å². The number of nitrogens with zero attached hydrogens (tertiary/aromatic N) is 1. The van der Waals surface area contributed by atoms with Gasteiger partial charge in [-0.1, -0.05) is 26.0 Å². The lowest BCUT2D eigenvalue weighted by molar-refractivity contribution is -0.126. The third kappa shape index (κ3) is 8.38. The van der Waals surface area contributed by atoms with Crippen LogP contribution in [0.5, 0.6) is 11.5 Å². The van der Waals surface area contributed by atoms with Crippen LogP contribution in [0.4, 0.5) is 0 Å². The van der Waals surface area contributed by atoms with Crippen molar-refractivity contribution in [1.29, 1.82) is 0 Å². The Morgan fingerprint density at radius 2 is 2.10 bits per heavy atom. The van der Waals surface area contributed by atoms with Gasteiger partial charge in [0.25, 0.3) is 0 Å². The van der Waals surface area contributed by atoms with Gasteiger partial charge in [0.05, 0.1) is 39.0 Å². The third-order valence-corrected chi connectivity index (χ3v) is 5.23. The zero-order valence-corrected chi connectivity index (χ0v) is 19.0. The number of amides is 2. The fraction of sp³-hybridized carbons (Fsp3) is 0.652. The van der Waals surface area contributed by atoms with Gasteiger partial charge in [0.1, 0.15) is 0 Å². The molecule has 0 saturated carbocycles. The molecule has 0 radical (unpaired) electrons. The average molecular weight is 436 g/mol. The molecule has 0 fully saturated rings. The molecule has 0 aliphatic carbocycles. The maximum atomic E-state index is 12.7. The number of carbonyl (C=O) groups is 2. The van der Waals surface area contributed by atoms with E-state index in [0.29, 0.717) is 37.8 Å². The highest BCUT2D eigenvalue weighted by Crippen LogP contribution is 2.32. The van der Waals surface area contributed by atoms with Gasteiger partial charge in [0.15, 0.2) is 11.5 Å². The third-order valence-electron chi connectivity index (χ3n) is 5.23. The van der Waals surface area contributed by atoms with E-state index >= 15 is 0 Å². The summed E-state index contributed by atoms with van der Waals surface area (Å²) in [6.07, 6.45) is 2.72. The Balaban J connectivity index is 2.24. The second-order valence-corrected chi connectivity index (χ2v) is 8.18. The maximum absolute atomic E-state index is 12.7. The predicted octanol–water partition coefficient (Wildman–Crippen LogP) is 1.70. The molecule has 0 unspecified atom stereocenters. The summed E-state index contributed by atoms with van der Waals surface area (Å²) in [5.74, 6) is 1.11. The van der Waals surface area contributed by atoms with E-state index in [0.717, 1.165) is 24.8 Å². The van der Waals surface area contributed by atoms with E-state index < -0.39 is 0 Å². The predicted molar refractivity (Wildman–Crippen MR) is 119 cm³/mol. The van der Waals surface area contributed by atoms with Crippen molar-refractivity contribution < 1.29 is 24.2 Å². The van der Waals surface area contributed by atoms with Crippen molar-refractivity contribution in [3.63, 3.8) is 0 Å². The molecule has 1 aromatic carbocycles. The number of nitrogens with one attached hydrogen (secondary N) is 2. The second kappa shape index (κ2) is 13.2. The quantitative estimate of drug-likeness (QED) is 0.603. The number of carbonyl (C=O) groups excluding carboxylic acids is 2. The summed E-state index contributed by atoms with van der Waals surface area (Å²) in [5, 5.41) is 15.3. The summed E-state index contributed by atoms with van der Waals surface area (Å²) in [7, 11) is 0. The number of rotatable bonds is 7. The summed E-state index contributed by atoms with van der Waals surface area (Å²) < 4.78 is 11.8. The fourth-order valence-corrected chi connectivity index (χ4v) is 3.47. The molecular weight excluding hydrogens is 398 g/mol. The lowest BCUT2D eigenvalue weighted by Gasteiger charge is -2.25. The van der Waals surface area contributed by atoms with Gasteiger partial charge in [-0.15, -0.1) is 0 Å². The molecule has 0 bridgehead atoms. The van der Waals surface area contributed by atoms with E-state index in [1.807, 2.05) is 39.0 Å². The van der Waals surface area contributed by atoms with Crippen LogP contribution < -0.4 is 20.1 Å². The number of fused-ring (bicyclic) bond motifs is 1. The van der Waals surface area contributed by atoms with Crippen LogP contribution in [0.15, 0.2) is 18.2 Å². The number of hydrogen-bond acceptors (Lipinski definition) is 6. The van der Waals surface area contributed by atoms with Gasteiger partial charge in [0.2, 0.25) is 11.8 Å². The largest absolute Gasteiger partial charge is 0.490 e. The minimum atomic E-state index is -0.322. The Labute approximate surface area is 185 Å². The van der Waals surface area contributed by atoms with Crippen LogP contribution in [0.2, 0.25) is 0 Å². The smallest absolute Gasteiger partial charge is 0.234 e. The molecule has 3 N–H and O–H groups in total. The van der Waals surface area contributed by atoms with E-state index in [1.54, 1.807) is 4.90 Å². The van der Waals surface area contributed by atoms with Crippen molar-refractivity contribution >= 4 is 11.8 Å². The second-order valence-electron chi connectivity index (χ2n) is 8.18. The SMILES string of the molecule is CCOc1cccc2c1OCCCCCNC(=O)CN(CC(=O)N[C@H](CO)C(C)C)C2. The summed E-state index contributed by atoms with van der Waals surface area (Å²) >= 11 is 0. The molecule has 2 amide bonds. The summed E-state index contributed by atoms with van der Waals surface area (Å²) in [4.78, 5) is 26.9. The average Bonchev–Trinajstić information content (AvgIpc) is 2.73. The molecule has 1 heterocycles. The van der Waals surface area contributed by atoms with Gasteiger partial charge in [-0.3, -0.25) is 14.5 Å². The molecule has 1 aliphatic rings. The lowest BCUT2D eigenvalue weighted by atomic mass is 10.1. The number of ether oxygens (including phenoxy) is 2. The van der Waals surface area contributed by atoms with Crippen LogP contribution in [0.25, 0.3) is 0 Å². The molecule has 8 heteroatoms. The van der Waals surface area contributed by atoms with Gasteiger partial charge in [0, 0.05) is 18.7 Å². The molecule has 31 heavy (non-hydrogen) atoms. The van der Waals surface area contributed by atoms with Gasteiger partial charge >= 0.3 is 0 Å². The van der Waals surface area contributed by atoms with Crippen molar-refractivity contribution in [3.8, 4) is 11.5 Å². The van der Waals surface area contributed by atoms with Crippen LogP contribution in [0.3, 0.4) is 0 Å². The first-order valence-corrected chi connectivity index (χ1v) is 11.2. The zero-order chi connectivity index (χ0) is 22.6. The highest BCUT2D eigenvalue weighted by molar-refractivity contribution is 5.81. The Morgan fingerprint density at radius 1 is 1.29 bits per heavy atom. The molecular formula is C23H37N3O5. The molecule has 0 saturated heterocycles. The summed E-state index contributed by atoms with van der Waals surface area (Å²) in [6.45, 7) is 7.87.